The molecule has 0 N–H and O–H groups in total. The lowest BCUT2D eigenvalue weighted by Crippen LogP contribution is -2.14. The van der Waals surface area contributed by atoms with Crippen LogP contribution in [0.3, 0.4) is 0 Å². The summed E-state index contributed by atoms with van der Waals surface area (Å²) in [7, 11) is 0. The highest BCUT2D eigenvalue weighted by Crippen LogP contribution is 2.15. The Morgan fingerprint density at radius 3 is 2.91 bits per heavy atom. The summed E-state index contributed by atoms with van der Waals surface area (Å²) in [5.41, 5.74) is 0. The van der Waals surface area contributed by atoms with Crippen LogP contribution in [0.2, 0.25) is 0 Å². The average Bonchev–Trinajstić information content (AvgIpc) is 2.31. The topological polar surface area (TPSA) is 35.5 Å². The predicted octanol–water partition coefficient (Wildman–Crippen LogP) is 1.03. The third-order valence-electron chi connectivity index (χ3n) is 1.37. The van der Waals surface area contributed by atoms with Crippen LogP contribution in [0.25, 0.3) is 0 Å². The molecule has 2 unspecified atom stereocenters. The molecule has 0 spiro atoms. The quantitative estimate of drug-likeness (QED) is 0.629. The van der Waals surface area contributed by atoms with Crippen LogP contribution in [-0.2, 0) is 14.3 Å². The zero-order chi connectivity index (χ0) is 8.27. The van der Waals surface area contributed by atoms with Gasteiger partial charge in [0.25, 0.3) is 0 Å². The highest BCUT2D eigenvalue weighted by Gasteiger charge is 2.22. The Labute approximate surface area is 70.4 Å². The van der Waals surface area contributed by atoms with Crippen LogP contribution < -0.4 is 0 Å². The second-order valence-corrected chi connectivity index (χ2v) is 3.66. The van der Waals surface area contributed by atoms with Crippen molar-refractivity contribution in [2.45, 2.75) is 26.2 Å². The van der Waals surface area contributed by atoms with Gasteiger partial charge < -0.3 is 9.47 Å². The second-order valence-electron chi connectivity index (χ2n) is 2.46. The Morgan fingerprint density at radius 2 is 2.45 bits per heavy atom. The van der Waals surface area contributed by atoms with Crippen molar-refractivity contribution in [3.63, 3.8) is 0 Å². The lowest BCUT2D eigenvalue weighted by Gasteiger charge is -2.05. The van der Waals surface area contributed by atoms with E-state index in [1.54, 1.807) is 6.92 Å². The smallest absolute Gasteiger partial charge is 0.185 e. The molecule has 0 bridgehead atoms. The molecule has 0 radical (unpaired) electrons. The van der Waals surface area contributed by atoms with E-state index < -0.39 is 0 Å². The Kier molecular flexibility index (Phi) is 3.36. The molecule has 1 aliphatic heterocycles. The summed E-state index contributed by atoms with van der Waals surface area (Å²) in [6.45, 7) is 4.03. The molecular weight excluding hydrogens is 164 g/mol. The summed E-state index contributed by atoms with van der Waals surface area (Å²) in [5, 5.41) is 0.133. The van der Waals surface area contributed by atoms with Gasteiger partial charge in [0.2, 0.25) is 0 Å². The molecule has 0 aromatic heterocycles. The van der Waals surface area contributed by atoms with E-state index in [0.29, 0.717) is 12.4 Å². The Balaban J connectivity index is 2.13. The van der Waals surface area contributed by atoms with Crippen molar-refractivity contribution in [2.24, 2.45) is 0 Å². The molecule has 1 heterocycles. The number of hydrogen-bond acceptors (Lipinski definition) is 4. The molecule has 0 aliphatic carbocycles. The number of carbonyl (C=O) groups excluding carboxylic acids is 1. The molecule has 11 heavy (non-hydrogen) atoms. The van der Waals surface area contributed by atoms with E-state index in [9.17, 15) is 4.79 Å². The third kappa shape index (κ3) is 3.22. The van der Waals surface area contributed by atoms with Gasteiger partial charge >= 0.3 is 0 Å². The van der Waals surface area contributed by atoms with Crippen LogP contribution in [-0.4, -0.2) is 29.9 Å². The normalized spacial score (nSPS) is 30.7. The zero-order valence-corrected chi connectivity index (χ0v) is 7.52. The van der Waals surface area contributed by atoms with Crippen molar-refractivity contribution < 1.29 is 14.3 Å². The van der Waals surface area contributed by atoms with Crippen molar-refractivity contribution >= 4 is 16.9 Å². The molecule has 0 saturated carbocycles. The van der Waals surface area contributed by atoms with Gasteiger partial charge in [-0.15, -0.1) is 0 Å². The predicted molar refractivity (Wildman–Crippen MR) is 43.4 cm³/mol. The van der Waals surface area contributed by atoms with Gasteiger partial charge in [-0.3, -0.25) is 4.79 Å². The minimum Gasteiger partial charge on any atom is -0.350 e. The molecule has 0 amide bonds. The van der Waals surface area contributed by atoms with Crippen molar-refractivity contribution in [3.05, 3.63) is 0 Å². The number of thioether (sulfide) groups is 1. The van der Waals surface area contributed by atoms with E-state index in [-0.39, 0.29) is 17.5 Å². The fourth-order valence-electron chi connectivity index (χ4n) is 0.890. The minimum atomic E-state index is -0.104. The summed E-state index contributed by atoms with van der Waals surface area (Å²) >= 11 is 1.29. The first-order chi connectivity index (χ1) is 5.18. The average molecular weight is 176 g/mol. The van der Waals surface area contributed by atoms with Crippen LogP contribution >= 0.6 is 11.8 Å². The molecule has 1 aliphatic rings. The summed E-state index contributed by atoms with van der Waals surface area (Å²) in [6.07, 6.45) is -0.00791. The monoisotopic (exact) mass is 176 g/mol. The van der Waals surface area contributed by atoms with Crippen LogP contribution in [0.5, 0.6) is 0 Å². The van der Waals surface area contributed by atoms with Gasteiger partial charge in [0.1, 0.15) is 0 Å². The van der Waals surface area contributed by atoms with Crippen LogP contribution in [0.15, 0.2) is 0 Å². The van der Waals surface area contributed by atoms with E-state index >= 15 is 0 Å². The van der Waals surface area contributed by atoms with Crippen molar-refractivity contribution in [1.82, 2.24) is 0 Å². The summed E-state index contributed by atoms with van der Waals surface area (Å²) in [5.74, 6) is 0.708. The summed E-state index contributed by atoms with van der Waals surface area (Å²) < 4.78 is 10.5. The molecule has 2 atom stereocenters. The van der Waals surface area contributed by atoms with Gasteiger partial charge in [-0.1, -0.05) is 11.8 Å². The Bertz CT molecular complexity index is 149. The lowest BCUT2D eigenvalue weighted by molar-refractivity contribution is -0.109. The van der Waals surface area contributed by atoms with E-state index in [2.05, 4.69) is 0 Å². The molecule has 0 aromatic carbocycles. The largest absolute Gasteiger partial charge is 0.350 e. The maximum atomic E-state index is 10.5. The van der Waals surface area contributed by atoms with Crippen molar-refractivity contribution in [1.29, 1.82) is 0 Å². The highest BCUT2D eigenvalue weighted by molar-refractivity contribution is 8.13. The first-order valence-electron chi connectivity index (χ1n) is 3.59. The van der Waals surface area contributed by atoms with Gasteiger partial charge in [0, 0.05) is 12.7 Å². The van der Waals surface area contributed by atoms with E-state index in [1.807, 2.05) is 6.92 Å². The maximum Gasteiger partial charge on any atom is 0.185 e. The molecule has 4 heteroatoms. The highest BCUT2D eigenvalue weighted by atomic mass is 32.2. The number of rotatable bonds is 2. The molecule has 64 valence electrons. The summed E-state index contributed by atoms with van der Waals surface area (Å²) in [4.78, 5) is 10.5. The third-order valence-corrected chi connectivity index (χ3v) is 2.32. The minimum absolute atomic E-state index is 0.0962. The zero-order valence-electron chi connectivity index (χ0n) is 6.70. The van der Waals surface area contributed by atoms with Gasteiger partial charge in [-0.05, 0) is 6.92 Å². The van der Waals surface area contributed by atoms with Crippen molar-refractivity contribution in [2.75, 3.05) is 12.4 Å². The van der Waals surface area contributed by atoms with Gasteiger partial charge in [0.15, 0.2) is 11.4 Å². The fraction of sp³-hybridized carbons (Fsp3) is 0.857. The molecule has 1 fully saturated rings. The van der Waals surface area contributed by atoms with E-state index in [0.717, 1.165) is 0 Å². The maximum absolute atomic E-state index is 10.5. The summed E-state index contributed by atoms with van der Waals surface area (Å²) in [6, 6.07) is 0. The van der Waals surface area contributed by atoms with E-state index in [4.69, 9.17) is 9.47 Å². The number of carbonyl (C=O) groups is 1. The van der Waals surface area contributed by atoms with Crippen LogP contribution in [0, 0.1) is 0 Å². The van der Waals surface area contributed by atoms with Crippen LogP contribution in [0.1, 0.15) is 13.8 Å². The molecular formula is C7H12O3S. The first-order valence-corrected chi connectivity index (χ1v) is 4.57. The Hall–Kier alpha value is -0.0600. The molecule has 1 saturated heterocycles. The van der Waals surface area contributed by atoms with Gasteiger partial charge in [-0.25, -0.2) is 0 Å². The fourth-order valence-corrected chi connectivity index (χ4v) is 1.49. The van der Waals surface area contributed by atoms with E-state index in [1.165, 1.54) is 11.8 Å². The number of ether oxygens (including phenoxy) is 2. The van der Waals surface area contributed by atoms with Gasteiger partial charge in [0.05, 0.1) is 12.7 Å². The van der Waals surface area contributed by atoms with Crippen LogP contribution in [0.4, 0.5) is 0 Å². The molecule has 1 rings (SSSR count). The second kappa shape index (κ2) is 4.09. The van der Waals surface area contributed by atoms with Crippen molar-refractivity contribution in [3.8, 4) is 0 Å². The first kappa shape index (κ1) is 9.03. The Morgan fingerprint density at radius 1 is 1.73 bits per heavy atom. The molecule has 0 aromatic rings. The number of hydrogen-bond donors (Lipinski definition) is 0. The SMILES string of the molecule is CC(=O)SCC1COC(C)O1. The standard InChI is InChI=1S/C7H12O3S/c1-5(8)11-4-7-3-9-6(2)10-7/h6-7H,3-4H2,1-2H3. The molecule has 3 nitrogen and oxygen atoms in total. The van der Waals surface area contributed by atoms with Gasteiger partial charge in [-0.2, -0.15) is 0 Å². The lowest BCUT2D eigenvalue weighted by atomic mass is 10.4.